The van der Waals surface area contributed by atoms with E-state index in [1.165, 1.54) is 0 Å². The van der Waals surface area contributed by atoms with Crippen molar-refractivity contribution in [2.45, 2.75) is 44.7 Å². The molecule has 1 saturated heterocycles. The number of hydrogen-bond donors (Lipinski definition) is 4. The van der Waals surface area contributed by atoms with Crippen LogP contribution in [-0.4, -0.2) is 31.1 Å². The molecule has 7 heteroatoms. The lowest BCUT2D eigenvalue weighted by molar-refractivity contribution is -0.126. The number of urea groups is 1. The molecule has 6 nitrogen and oxygen atoms in total. The molecule has 0 radical (unpaired) electrons. The maximum absolute atomic E-state index is 12.3. The van der Waals surface area contributed by atoms with E-state index < -0.39 is 0 Å². The number of carbonyl (C=O) groups excluding carboxylic acids is 2. The predicted octanol–water partition coefficient (Wildman–Crippen LogP) is 2.57. The molecule has 0 bridgehead atoms. The molecule has 2 fully saturated rings. The lowest BCUT2D eigenvalue weighted by atomic mass is 9.96. The second-order valence-corrected chi connectivity index (χ2v) is 6.75. The largest absolute Gasteiger partial charge is 0.349 e. The van der Waals surface area contributed by atoms with Gasteiger partial charge in [-0.2, -0.15) is 0 Å². The first-order chi connectivity index (χ1) is 11.6. The van der Waals surface area contributed by atoms with Crippen LogP contribution in [0.15, 0.2) is 24.3 Å². The van der Waals surface area contributed by atoms with Crippen LogP contribution in [0.3, 0.4) is 0 Å². The Morgan fingerprint density at radius 3 is 2.32 bits per heavy atom. The van der Waals surface area contributed by atoms with Gasteiger partial charge in [0.15, 0.2) is 0 Å². The first-order valence-corrected chi connectivity index (χ1v) is 8.80. The van der Waals surface area contributed by atoms with E-state index in [1.807, 2.05) is 31.2 Å². The monoisotopic (exact) mass is 366 g/mol. The van der Waals surface area contributed by atoms with Crippen molar-refractivity contribution in [3.8, 4) is 0 Å². The first kappa shape index (κ1) is 19.5. The Balaban J connectivity index is 0.00000225. The van der Waals surface area contributed by atoms with Gasteiger partial charge in [-0.3, -0.25) is 4.79 Å². The average molecular weight is 367 g/mol. The Hall–Kier alpha value is -1.79. The Kier molecular flexibility index (Phi) is 7.08. The minimum absolute atomic E-state index is 0. The third kappa shape index (κ3) is 5.90. The van der Waals surface area contributed by atoms with Crippen molar-refractivity contribution in [1.82, 2.24) is 16.0 Å². The summed E-state index contributed by atoms with van der Waals surface area (Å²) in [5, 5.41) is 12.1. The fourth-order valence-electron chi connectivity index (χ4n) is 2.93. The number of piperidine rings is 1. The van der Waals surface area contributed by atoms with Crippen LogP contribution in [0, 0.1) is 5.92 Å². The number of amides is 3. The van der Waals surface area contributed by atoms with Crippen LogP contribution in [0.25, 0.3) is 0 Å². The summed E-state index contributed by atoms with van der Waals surface area (Å²) in [6, 6.07) is 7.78. The molecular weight excluding hydrogens is 340 g/mol. The van der Waals surface area contributed by atoms with E-state index in [1.54, 1.807) is 0 Å². The lowest BCUT2D eigenvalue weighted by Gasteiger charge is -2.24. The van der Waals surface area contributed by atoms with Crippen LogP contribution in [0.4, 0.5) is 10.5 Å². The number of halogens is 1. The SMILES string of the molecule is CC(NC(=O)C1CCNCC1)c1ccc(NC(=O)NC2CC2)cc1.Cl. The van der Waals surface area contributed by atoms with Gasteiger partial charge >= 0.3 is 6.03 Å². The standard InChI is InChI=1S/C18H26N4O2.ClH/c1-12(20-17(23)14-8-10-19-11-9-14)13-2-4-15(5-3-13)21-18(24)22-16-6-7-16;/h2-5,12,14,16,19H,6-11H2,1H3,(H,20,23)(H2,21,22,24);1H. The van der Waals surface area contributed by atoms with Crippen molar-refractivity contribution in [3.63, 3.8) is 0 Å². The summed E-state index contributed by atoms with van der Waals surface area (Å²) in [5.74, 6) is 0.246. The van der Waals surface area contributed by atoms with Gasteiger partial charge in [0.25, 0.3) is 0 Å². The smallest absolute Gasteiger partial charge is 0.319 e. The number of hydrogen-bond acceptors (Lipinski definition) is 3. The average Bonchev–Trinajstić information content (AvgIpc) is 3.40. The van der Waals surface area contributed by atoms with Crippen molar-refractivity contribution >= 4 is 30.0 Å². The minimum Gasteiger partial charge on any atom is -0.349 e. The molecule has 1 saturated carbocycles. The fourth-order valence-corrected chi connectivity index (χ4v) is 2.93. The summed E-state index contributed by atoms with van der Waals surface area (Å²) in [5.41, 5.74) is 1.79. The minimum atomic E-state index is -0.155. The van der Waals surface area contributed by atoms with Crippen molar-refractivity contribution < 1.29 is 9.59 Å². The molecule has 0 spiro atoms. The van der Waals surface area contributed by atoms with Gasteiger partial charge < -0.3 is 21.3 Å². The summed E-state index contributed by atoms with van der Waals surface area (Å²) in [4.78, 5) is 24.0. The van der Waals surface area contributed by atoms with Gasteiger partial charge in [0.1, 0.15) is 0 Å². The van der Waals surface area contributed by atoms with Crippen LogP contribution in [-0.2, 0) is 4.79 Å². The van der Waals surface area contributed by atoms with Gasteiger partial charge in [0.05, 0.1) is 6.04 Å². The maximum Gasteiger partial charge on any atom is 0.319 e. The molecule has 3 rings (SSSR count). The van der Waals surface area contributed by atoms with Crippen LogP contribution in [0.2, 0.25) is 0 Å². The van der Waals surface area contributed by atoms with Crippen molar-refractivity contribution in [1.29, 1.82) is 0 Å². The Labute approximate surface area is 154 Å². The second kappa shape index (κ2) is 9.06. The molecule has 1 atom stereocenters. The zero-order valence-electron chi connectivity index (χ0n) is 14.5. The van der Waals surface area contributed by atoms with Crippen LogP contribution >= 0.6 is 12.4 Å². The summed E-state index contributed by atoms with van der Waals surface area (Å²) in [6.45, 7) is 3.81. The Bertz CT molecular complexity index is 583. The van der Waals surface area contributed by atoms with Gasteiger partial charge in [0.2, 0.25) is 5.91 Å². The lowest BCUT2D eigenvalue weighted by Crippen LogP contribution is -2.39. The third-order valence-electron chi connectivity index (χ3n) is 4.65. The molecule has 1 aliphatic carbocycles. The Morgan fingerprint density at radius 2 is 1.72 bits per heavy atom. The van der Waals surface area contributed by atoms with Crippen molar-refractivity contribution in [2.24, 2.45) is 5.92 Å². The molecule has 1 aliphatic heterocycles. The molecule has 1 aromatic carbocycles. The second-order valence-electron chi connectivity index (χ2n) is 6.75. The van der Waals surface area contributed by atoms with Crippen LogP contribution in [0.5, 0.6) is 0 Å². The number of benzene rings is 1. The maximum atomic E-state index is 12.3. The molecule has 0 aromatic heterocycles. The van der Waals surface area contributed by atoms with Gasteiger partial charge in [0, 0.05) is 17.6 Å². The van der Waals surface area contributed by atoms with Crippen LogP contribution < -0.4 is 21.3 Å². The highest BCUT2D eigenvalue weighted by molar-refractivity contribution is 5.89. The van der Waals surface area contributed by atoms with E-state index in [9.17, 15) is 9.59 Å². The molecule has 138 valence electrons. The Morgan fingerprint density at radius 1 is 1.08 bits per heavy atom. The van der Waals surface area contributed by atoms with Gasteiger partial charge in [-0.25, -0.2) is 4.79 Å². The van der Waals surface area contributed by atoms with E-state index in [-0.39, 0.29) is 36.3 Å². The van der Waals surface area contributed by atoms with Crippen molar-refractivity contribution in [2.75, 3.05) is 18.4 Å². The summed E-state index contributed by atoms with van der Waals surface area (Å²) in [6.07, 6.45) is 3.94. The van der Waals surface area contributed by atoms with E-state index in [4.69, 9.17) is 0 Å². The van der Waals surface area contributed by atoms with E-state index in [2.05, 4.69) is 21.3 Å². The number of anilines is 1. The number of carbonyl (C=O) groups is 2. The molecule has 1 aromatic rings. The molecule has 3 amide bonds. The molecule has 1 heterocycles. The molecule has 2 aliphatic rings. The van der Waals surface area contributed by atoms with E-state index >= 15 is 0 Å². The summed E-state index contributed by atoms with van der Waals surface area (Å²) >= 11 is 0. The summed E-state index contributed by atoms with van der Waals surface area (Å²) in [7, 11) is 0. The van der Waals surface area contributed by atoms with Crippen molar-refractivity contribution in [3.05, 3.63) is 29.8 Å². The van der Waals surface area contributed by atoms with E-state index in [0.717, 1.165) is 50.0 Å². The molecular formula is C18H27ClN4O2. The first-order valence-electron chi connectivity index (χ1n) is 8.80. The zero-order chi connectivity index (χ0) is 16.9. The predicted molar refractivity (Wildman–Crippen MR) is 101 cm³/mol. The zero-order valence-corrected chi connectivity index (χ0v) is 15.3. The number of nitrogens with one attached hydrogen (secondary N) is 4. The highest BCUT2D eigenvalue weighted by Gasteiger charge is 2.23. The topological polar surface area (TPSA) is 82.3 Å². The third-order valence-corrected chi connectivity index (χ3v) is 4.65. The molecule has 1 unspecified atom stereocenters. The van der Waals surface area contributed by atoms with Gasteiger partial charge in [-0.1, -0.05) is 12.1 Å². The summed E-state index contributed by atoms with van der Waals surface area (Å²) < 4.78 is 0. The normalized spacial score (nSPS) is 18.6. The highest BCUT2D eigenvalue weighted by atomic mass is 35.5. The molecule has 25 heavy (non-hydrogen) atoms. The fraction of sp³-hybridized carbons (Fsp3) is 0.556. The molecule has 4 N–H and O–H groups in total. The van der Waals surface area contributed by atoms with E-state index in [0.29, 0.717) is 6.04 Å². The highest BCUT2D eigenvalue weighted by Crippen LogP contribution is 2.20. The van der Waals surface area contributed by atoms with Crippen LogP contribution in [0.1, 0.15) is 44.2 Å². The number of rotatable bonds is 5. The van der Waals surface area contributed by atoms with Gasteiger partial charge in [-0.05, 0) is 63.4 Å². The quantitative estimate of drug-likeness (QED) is 0.646. The van der Waals surface area contributed by atoms with Gasteiger partial charge in [-0.15, -0.1) is 12.4 Å².